The Hall–Kier alpha value is -1.30. The summed E-state index contributed by atoms with van der Waals surface area (Å²) in [6.45, 7) is 6.66. The van der Waals surface area contributed by atoms with E-state index in [-0.39, 0.29) is 5.84 Å². The number of ether oxygens (including phenoxy) is 2. The van der Waals surface area contributed by atoms with Crippen molar-refractivity contribution in [2.75, 3.05) is 26.8 Å². The van der Waals surface area contributed by atoms with Crippen LogP contribution in [0.3, 0.4) is 0 Å². The van der Waals surface area contributed by atoms with E-state index in [0.29, 0.717) is 26.1 Å². The van der Waals surface area contributed by atoms with Crippen LogP contribution in [0.15, 0.2) is 0 Å². The largest absolute Gasteiger partial charge is 0.444 e. The van der Waals surface area contributed by atoms with Crippen molar-refractivity contribution in [3.8, 4) is 0 Å². The Morgan fingerprint density at radius 2 is 1.94 bits per heavy atom. The average molecular weight is 245 g/mol. The summed E-state index contributed by atoms with van der Waals surface area (Å²) in [5, 5.41) is 7.15. The van der Waals surface area contributed by atoms with Gasteiger partial charge in [0.2, 0.25) is 0 Å². The SMILES string of the molecule is COCCN(CCC(=N)N)C(=O)OC(C)(C)C. The van der Waals surface area contributed by atoms with Crippen molar-refractivity contribution in [2.45, 2.75) is 32.8 Å². The smallest absolute Gasteiger partial charge is 0.410 e. The van der Waals surface area contributed by atoms with E-state index in [1.54, 1.807) is 7.11 Å². The van der Waals surface area contributed by atoms with Gasteiger partial charge in [-0.25, -0.2) is 4.79 Å². The van der Waals surface area contributed by atoms with Crippen molar-refractivity contribution in [1.29, 1.82) is 5.41 Å². The molecule has 0 aromatic rings. The highest BCUT2D eigenvalue weighted by Gasteiger charge is 2.21. The van der Waals surface area contributed by atoms with Gasteiger partial charge in [-0.2, -0.15) is 0 Å². The monoisotopic (exact) mass is 245 g/mol. The van der Waals surface area contributed by atoms with Gasteiger partial charge < -0.3 is 20.1 Å². The molecule has 0 bridgehead atoms. The number of carbonyl (C=O) groups is 1. The second-order valence-corrected chi connectivity index (χ2v) is 4.74. The molecule has 0 aromatic heterocycles. The van der Waals surface area contributed by atoms with Crippen LogP contribution in [0.4, 0.5) is 4.79 Å². The molecular formula is C11H23N3O3. The molecule has 0 fully saturated rings. The Kier molecular flexibility index (Phi) is 6.57. The average Bonchev–Trinajstić information content (AvgIpc) is 2.14. The van der Waals surface area contributed by atoms with Gasteiger partial charge in [-0.3, -0.25) is 5.41 Å². The number of nitrogens with zero attached hydrogens (tertiary/aromatic N) is 1. The minimum atomic E-state index is -0.529. The highest BCUT2D eigenvalue weighted by atomic mass is 16.6. The van der Waals surface area contributed by atoms with Crippen molar-refractivity contribution in [1.82, 2.24) is 4.90 Å². The third-order valence-corrected chi connectivity index (χ3v) is 1.87. The number of hydrogen-bond acceptors (Lipinski definition) is 4. The summed E-state index contributed by atoms with van der Waals surface area (Å²) in [5.41, 5.74) is 4.74. The predicted octanol–water partition coefficient (Wildman–Crippen LogP) is 1.20. The van der Waals surface area contributed by atoms with Gasteiger partial charge in [0.15, 0.2) is 0 Å². The Balaban J connectivity index is 4.33. The fourth-order valence-corrected chi connectivity index (χ4v) is 1.08. The van der Waals surface area contributed by atoms with E-state index in [1.807, 2.05) is 20.8 Å². The van der Waals surface area contributed by atoms with Crippen LogP contribution in [-0.4, -0.2) is 49.2 Å². The lowest BCUT2D eigenvalue weighted by Crippen LogP contribution is -2.40. The number of rotatable bonds is 6. The molecule has 0 saturated heterocycles. The highest BCUT2D eigenvalue weighted by molar-refractivity contribution is 5.77. The molecule has 0 aliphatic heterocycles. The molecule has 0 aliphatic carbocycles. The maximum atomic E-state index is 11.8. The molecule has 0 aliphatic rings. The topological polar surface area (TPSA) is 88.6 Å². The molecule has 6 heteroatoms. The fraction of sp³-hybridized carbons (Fsp3) is 0.818. The molecule has 0 unspecified atom stereocenters. The number of nitrogens with two attached hydrogens (primary N) is 1. The second-order valence-electron chi connectivity index (χ2n) is 4.74. The van der Waals surface area contributed by atoms with Gasteiger partial charge in [0.1, 0.15) is 5.60 Å². The van der Waals surface area contributed by atoms with Crippen molar-refractivity contribution in [3.05, 3.63) is 0 Å². The summed E-state index contributed by atoms with van der Waals surface area (Å²) >= 11 is 0. The van der Waals surface area contributed by atoms with Gasteiger partial charge in [-0.15, -0.1) is 0 Å². The summed E-state index contributed by atoms with van der Waals surface area (Å²) in [5.74, 6) is 0.0518. The van der Waals surface area contributed by atoms with Gasteiger partial charge >= 0.3 is 6.09 Å². The molecule has 6 nitrogen and oxygen atoms in total. The van der Waals surface area contributed by atoms with E-state index in [0.717, 1.165) is 0 Å². The van der Waals surface area contributed by atoms with Gasteiger partial charge in [0.25, 0.3) is 0 Å². The van der Waals surface area contributed by atoms with Crippen LogP contribution in [0.25, 0.3) is 0 Å². The quantitative estimate of drug-likeness (QED) is 0.543. The third-order valence-electron chi connectivity index (χ3n) is 1.87. The molecule has 0 radical (unpaired) electrons. The zero-order chi connectivity index (χ0) is 13.5. The van der Waals surface area contributed by atoms with Crippen molar-refractivity contribution in [3.63, 3.8) is 0 Å². The predicted molar refractivity (Wildman–Crippen MR) is 66.2 cm³/mol. The molecule has 1 amide bonds. The van der Waals surface area contributed by atoms with Crippen LogP contribution in [0.2, 0.25) is 0 Å². The molecule has 0 aromatic carbocycles. The van der Waals surface area contributed by atoms with Gasteiger partial charge in [0, 0.05) is 26.6 Å². The second kappa shape index (κ2) is 7.11. The number of nitrogens with one attached hydrogen (secondary N) is 1. The van der Waals surface area contributed by atoms with Crippen LogP contribution in [0.1, 0.15) is 27.2 Å². The minimum Gasteiger partial charge on any atom is -0.444 e. The number of hydrogen-bond donors (Lipinski definition) is 2. The van der Waals surface area contributed by atoms with E-state index in [2.05, 4.69) is 0 Å². The van der Waals surface area contributed by atoms with Crippen LogP contribution in [0, 0.1) is 5.41 Å². The number of carbonyl (C=O) groups excluding carboxylic acids is 1. The lowest BCUT2D eigenvalue weighted by molar-refractivity contribution is 0.0207. The van der Waals surface area contributed by atoms with E-state index in [1.165, 1.54) is 4.90 Å². The zero-order valence-corrected chi connectivity index (χ0v) is 11.1. The molecular weight excluding hydrogens is 222 g/mol. The first-order chi connectivity index (χ1) is 7.76. The van der Waals surface area contributed by atoms with Crippen LogP contribution in [0.5, 0.6) is 0 Å². The maximum Gasteiger partial charge on any atom is 0.410 e. The lowest BCUT2D eigenvalue weighted by Gasteiger charge is -2.27. The first kappa shape index (κ1) is 15.7. The zero-order valence-electron chi connectivity index (χ0n) is 11.1. The van der Waals surface area contributed by atoms with E-state index < -0.39 is 11.7 Å². The van der Waals surface area contributed by atoms with Gasteiger partial charge in [-0.05, 0) is 20.8 Å². The Morgan fingerprint density at radius 3 is 2.35 bits per heavy atom. The molecule has 100 valence electrons. The fourth-order valence-electron chi connectivity index (χ4n) is 1.08. The van der Waals surface area contributed by atoms with Gasteiger partial charge in [0.05, 0.1) is 12.4 Å². The van der Waals surface area contributed by atoms with E-state index >= 15 is 0 Å². The van der Waals surface area contributed by atoms with Gasteiger partial charge in [-0.1, -0.05) is 0 Å². The Morgan fingerprint density at radius 1 is 1.35 bits per heavy atom. The Bertz CT molecular complexity index is 261. The lowest BCUT2D eigenvalue weighted by atomic mass is 10.2. The maximum absolute atomic E-state index is 11.8. The first-order valence-corrected chi connectivity index (χ1v) is 5.56. The summed E-state index contributed by atoms with van der Waals surface area (Å²) < 4.78 is 10.2. The standard InChI is InChI=1S/C11H23N3O3/c1-11(2,3)17-10(15)14(7-8-16-4)6-5-9(12)13/h5-8H2,1-4H3,(H3,12,13). The summed E-state index contributed by atoms with van der Waals surface area (Å²) in [4.78, 5) is 13.3. The third kappa shape index (κ3) is 8.50. The van der Waals surface area contributed by atoms with Crippen LogP contribution >= 0.6 is 0 Å². The van der Waals surface area contributed by atoms with E-state index in [9.17, 15) is 4.79 Å². The number of amides is 1. The summed E-state index contributed by atoms with van der Waals surface area (Å²) in [6, 6.07) is 0. The molecule has 0 atom stereocenters. The van der Waals surface area contributed by atoms with Crippen LogP contribution in [-0.2, 0) is 9.47 Å². The van der Waals surface area contributed by atoms with Crippen molar-refractivity contribution in [2.24, 2.45) is 5.73 Å². The normalized spacial score (nSPS) is 11.1. The molecule has 17 heavy (non-hydrogen) atoms. The summed E-state index contributed by atoms with van der Waals surface area (Å²) in [7, 11) is 1.57. The molecule has 0 saturated carbocycles. The van der Waals surface area contributed by atoms with E-state index in [4.69, 9.17) is 20.6 Å². The van der Waals surface area contributed by atoms with Crippen molar-refractivity contribution < 1.29 is 14.3 Å². The van der Waals surface area contributed by atoms with Crippen LogP contribution < -0.4 is 5.73 Å². The number of methoxy groups -OCH3 is 1. The van der Waals surface area contributed by atoms with Crippen molar-refractivity contribution >= 4 is 11.9 Å². The molecule has 0 spiro atoms. The Labute approximate surface area is 103 Å². The first-order valence-electron chi connectivity index (χ1n) is 5.56. The molecule has 0 heterocycles. The summed E-state index contributed by atoms with van der Waals surface area (Å²) in [6.07, 6.45) is -0.0704. The highest BCUT2D eigenvalue weighted by Crippen LogP contribution is 2.10. The molecule has 3 N–H and O–H groups in total. The molecule has 0 rings (SSSR count). The minimum absolute atomic E-state index is 0.0518. The number of amidine groups is 1.